The van der Waals surface area contributed by atoms with Gasteiger partial charge in [-0.05, 0) is 13.8 Å². The van der Waals surface area contributed by atoms with E-state index in [9.17, 15) is 4.79 Å². The molecule has 0 spiro atoms. The van der Waals surface area contributed by atoms with Crippen molar-refractivity contribution in [2.75, 3.05) is 0 Å². The van der Waals surface area contributed by atoms with E-state index in [0.717, 1.165) is 0 Å². The second kappa shape index (κ2) is 4.06. The Morgan fingerprint density at radius 1 is 1.78 bits per heavy atom. The molecule has 0 bridgehead atoms. The third-order valence-electron chi connectivity index (χ3n) is 0.669. The predicted molar refractivity (Wildman–Crippen MR) is 35.9 cm³/mol. The number of carboxylic acids is 1. The molecular weight excluding hydrogens is 118 g/mol. The highest BCUT2D eigenvalue weighted by Gasteiger charge is 1.90. The first kappa shape index (κ1) is 8.14. The third-order valence-corrected chi connectivity index (χ3v) is 0.669. The molecule has 0 saturated carbocycles. The van der Waals surface area contributed by atoms with E-state index in [1.807, 2.05) is 13.8 Å². The zero-order valence-electron chi connectivity index (χ0n) is 5.66. The molecule has 0 amide bonds. The SMILES string of the molecule is CC(C)N=CCC(=O)O. The fraction of sp³-hybridized carbons (Fsp3) is 0.667. The molecule has 0 aromatic rings. The molecule has 1 N–H and O–H groups in total. The van der Waals surface area contributed by atoms with Crippen molar-refractivity contribution in [3.63, 3.8) is 0 Å². The van der Waals surface area contributed by atoms with Gasteiger partial charge in [0.2, 0.25) is 0 Å². The molecule has 0 radical (unpaired) electrons. The average molecular weight is 129 g/mol. The lowest BCUT2D eigenvalue weighted by atomic mass is 10.4. The van der Waals surface area contributed by atoms with Crippen molar-refractivity contribution in [3.8, 4) is 0 Å². The normalized spacial score (nSPS) is 11.0. The predicted octanol–water partition coefficient (Wildman–Crippen LogP) is 0.940. The minimum absolute atomic E-state index is 0.0260. The molecule has 0 rings (SSSR count). The van der Waals surface area contributed by atoms with Gasteiger partial charge in [0, 0.05) is 12.3 Å². The van der Waals surface area contributed by atoms with E-state index in [1.165, 1.54) is 6.21 Å². The quantitative estimate of drug-likeness (QED) is 0.576. The maximum atomic E-state index is 9.89. The molecule has 0 aromatic heterocycles. The largest absolute Gasteiger partial charge is 0.481 e. The van der Waals surface area contributed by atoms with Crippen LogP contribution in [0.25, 0.3) is 0 Å². The summed E-state index contributed by atoms with van der Waals surface area (Å²) < 4.78 is 0. The Morgan fingerprint density at radius 2 is 2.33 bits per heavy atom. The first-order valence-electron chi connectivity index (χ1n) is 2.86. The molecule has 52 valence electrons. The van der Waals surface area contributed by atoms with E-state index >= 15 is 0 Å². The molecule has 0 aliphatic rings. The lowest BCUT2D eigenvalue weighted by Gasteiger charge is -1.91. The van der Waals surface area contributed by atoms with Crippen LogP contribution in [0.3, 0.4) is 0 Å². The number of hydrogen-bond donors (Lipinski definition) is 1. The van der Waals surface area contributed by atoms with Gasteiger partial charge in [0.05, 0.1) is 6.42 Å². The van der Waals surface area contributed by atoms with Gasteiger partial charge in [-0.15, -0.1) is 0 Å². The van der Waals surface area contributed by atoms with Crippen LogP contribution < -0.4 is 0 Å². The summed E-state index contributed by atoms with van der Waals surface area (Å²) in [5.41, 5.74) is 0. The van der Waals surface area contributed by atoms with E-state index < -0.39 is 5.97 Å². The Kier molecular flexibility index (Phi) is 3.67. The summed E-state index contributed by atoms with van der Waals surface area (Å²) in [7, 11) is 0. The summed E-state index contributed by atoms with van der Waals surface area (Å²) in [6.45, 7) is 3.80. The van der Waals surface area contributed by atoms with Crippen molar-refractivity contribution in [2.45, 2.75) is 26.3 Å². The first-order chi connectivity index (χ1) is 4.13. The molecule has 0 unspecified atom stereocenters. The molecule has 0 saturated heterocycles. The highest BCUT2D eigenvalue weighted by Crippen LogP contribution is 1.83. The van der Waals surface area contributed by atoms with E-state index in [0.29, 0.717) is 0 Å². The van der Waals surface area contributed by atoms with Gasteiger partial charge in [-0.3, -0.25) is 9.79 Å². The molecule has 0 fully saturated rings. The van der Waals surface area contributed by atoms with E-state index in [1.54, 1.807) is 0 Å². The molecular formula is C6H11NO2. The molecule has 0 heterocycles. The number of carbonyl (C=O) groups is 1. The smallest absolute Gasteiger partial charge is 0.308 e. The van der Waals surface area contributed by atoms with Gasteiger partial charge < -0.3 is 5.11 Å². The lowest BCUT2D eigenvalue weighted by Crippen LogP contribution is -1.96. The number of rotatable bonds is 3. The van der Waals surface area contributed by atoms with Crippen LogP contribution >= 0.6 is 0 Å². The highest BCUT2D eigenvalue weighted by atomic mass is 16.4. The Morgan fingerprint density at radius 3 is 2.67 bits per heavy atom. The summed E-state index contributed by atoms with van der Waals surface area (Å²) >= 11 is 0. The van der Waals surface area contributed by atoms with Gasteiger partial charge in [-0.2, -0.15) is 0 Å². The summed E-state index contributed by atoms with van der Waals surface area (Å²) in [4.78, 5) is 13.7. The zero-order valence-corrected chi connectivity index (χ0v) is 5.66. The summed E-state index contributed by atoms with van der Waals surface area (Å²) in [5, 5.41) is 8.14. The van der Waals surface area contributed by atoms with Crippen LogP contribution in [-0.2, 0) is 4.79 Å². The first-order valence-corrected chi connectivity index (χ1v) is 2.86. The highest BCUT2D eigenvalue weighted by molar-refractivity contribution is 5.84. The van der Waals surface area contributed by atoms with Gasteiger partial charge in [-0.25, -0.2) is 0 Å². The average Bonchev–Trinajstić information content (AvgIpc) is 1.63. The number of aliphatic imine (C=N–C) groups is 1. The topological polar surface area (TPSA) is 49.7 Å². The maximum Gasteiger partial charge on any atom is 0.308 e. The number of hydrogen-bond acceptors (Lipinski definition) is 2. The van der Waals surface area contributed by atoms with Crippen molar-refractivity contribution < 1.29 is 9.90 Å². The molecule has 9 heavy (non-hydrogen) atoms. The Hall–Kier alpha value is -0.860. The summed E-state index contributed by atoms with van der Waals surface area (Å²) in [6, 6.07) is 0.198. The van der Waals surface area contributed by atoms with Crippen molar-refractivity contribution in [3.05, 3.63) is 0 Å². The Labute approximate surface area is 54.4 Å². The van der Waals surface area contributed by atoms with Crippen LogP contribution in [0, 0.1) is 0 Å². The van der Waals surface area contributed by atoms with Crippen molar-refractivity contribution in [1.82, 2.24) is 0 Å². The van der Waals surface area contributed by atoms with Gasteiger partial charge in [0.15, 0.2) is 0 Å². The van der Waals surface area contributed by atoms with Crippen molar-refractivity contribution >= 4 is 12.2 Å². The molecule has 0 aliphatic heterocycles. The fourth-order valence-corrected chi connectivity index (χ4v) is 0.342. The third kappa shape index (κ3) is 7.14. The van der Waals surface area contributed by atoms with Crippen LogP contribution in [0.5, 0.6) is 0 Å². The Balaban J connectivity index is 3.36. The standard InChI is InChI=1S/C6H11NO2/c1-5(2)7-4-3-6(8)9/h4-5H,3H2,1-2H3,(H,8,9). The van der Waals surface area contributed by atoms with Crippen molar-refractivity contribution in [2.24, 2.45) is 4.99 Å². The fourth-order valence-electron chi connectivity index (χ4n) is 0.342. The van der Waals surface area contributed by atoms with E-state index in [2.05, 4.69) is 4.99 Å². The number of nitrogens with zero attached hydrogens (tertiary/aromatic N) is 1. The van der Waals surface area contributed by atoms with Gasteiger partial charge in [0.1, 0.15) is 0 Å². The molecule has 0 aromatic carbocycles. The minimum Gasteiger partial charge on any atom is -0.481 e. The lowest BCUT2D eigenvalue weighted by molar-refractivity contribution is -0.135. The number of aliphatic carboxylic acids is 1. The maximum absolute atomic E-state index is 9.89. The Bertz CT molecular complexity index is 118. The zero-order chi connectivity index (χ0) is 7.28. The number of carboxylic acid groups (broad SMARTS) is 1. The van der Waals surface area contributed by atoms with Crippen molar-refractivity contribution in [1.29, 1.82) is 0 Å². The summed E-state index contributed by atoms with van der Waals surface area (Å²) in [6.07, 6.45) is 1.45. The monoisotopic (exact) mass is 129 g/mol. The van der Waals surface area contributed by atoms with E-state index in [-0.39, 0.29) is 12.5 Å². The summed E-state index contributed by atoms with van der Waals surface area (Å²) in [5.74, 6) is -0.834. The van der Waals surface area contributed by atoms with Gasteiger partial charge >= 0.3 is 5.97 Å². The molecule has 3 nitrogen and oxygen atoms in total. The van der Waals surface area contributed by atoms with Gasteiger partial charge in [0.25, 0.3) is 0 Å². The van der Waals surface area contributed by atoms with Crippen LogP contribution in [0.1, 0.15) is 20.3 Å². The van der Waals surface area contributed by atoms with Gasteiger partial charge in [-0.1, -0.05) is 0 Å². The molecule has 0 aliphatic carbocycles. The van der Waals surface area contributed by atoms with E-state index in [4.69, 9.17) is 5.11 Å². The van der Waals surface area contributed by atoms with Crippen LogP contribution in [0.15, 0.2) is 4.99 Å². The second-order valence-electron chi connectivity index (χ2n) is 2.02. The van der Waals surface area contributed by atoms with Crippen LogP contribution in [0.2, 0.25) is 0 Å². The minimum atomic E-state index is -0.834. The van der Waals surface area contributed by atoms with Crippen LogP contribution in [-0.4, -0.2) is 23.3 Å². The van der Waals surface area contributed by atoms with Crippen LogP contribution in [0.4, 0.5) is 0 Å². The molecule has 0 atom stereocenters. The second-order valence-corrected chi connectivity index (χ2v) is 2.02. The molecule has 3 heteroatoms.